The van der Waals surface area contributed by atoms with Crippen LogP contribution < -0.4 is 10.1 Å². The third-order valence-electron chi connectivity index (χ3n) is 1.91. The second kappa shape index (κ2) is 6.40. The van der Waals surface area contributed by atoms with Gasteiger partial charge in [0.1, 0.15) is 5.75 Å². The van der Waals surface area contributed by atoms with E-state index in [0.29, 0.717) is 6.42 Å². The van der Waals surface area contributed by atoms with E-state index < -0.39 is 0 Å². The molecule has 0 bridgehead atoms. The molecule has 0 aliphatic rings. The van der Waals surface area contributed by atoms with Crippen LogP contribution >= 0.6 is 0 Å². The first-order valence-corrected chi connectivity index (χ1v) is 4.66. The molecule has 0 saturated heterocycles. The van der Waals surface area contributed by atoms with Gasteiger partial charge in [0.15, 0.2) is 0 Å². The fourth-order valence-corrected chi connectivity index (χ4v) is 1.18. The molecule has 14 heavy (non-hydrogen) atoms. The lowest BCUT2D eigenvalue weighted by Gasteiger charge is -2.05. The number of hydrogen-bond donors (Lipinski definition) is 2. The number of hydrogen-bond acceptors (Lipinski definition) is 3. The summed E-state index contributed by atoms with van der Waals surface area (Å²) in [4.78, 5) is 0. The molecule has 0 saturated carbocycles. The van der Waals surface area contributed by atoms with E-state index in [-0.39, 0.29) is 0 Å². The summed E-state index contributed by atoms with van der Waals surface area (Å²) in [6, 6.07) is 7.92. The standard InChI is InChI=1S/C11H16NO2/c1-14-11-5-2-4-10(8-11)9-12-6-3-7-13/h2,4-5,7-8,12-13H,3,6,9H2,1H3. The first-order valence-electron chi connectivity index (χ1n) is 4.66. The molecule has 0 fully saturated rings. The zero-order chi connectivity index (χ0) is 10.2. The minimum Gasteiger partial charge on any atom is -0.497 e. The summed E-state index contributed by atoms with van der Waals surface area (Å²) < 4.78 is 5.11. The molecular formula is C11H16NO2. The van der Waals surface area contributed by atoms with Crippen LogP contribution in [0.5, 0.6) is 5.75 Å². The predicted molar refractivity (Wildman–Crippen MR) is 55.6 cm³/mol. The van der Waals surface area contributed by atoms with E-state index in [4.69, 9.17) is 9.84 Å². The second-order valence-corrected chi connectivity index (χ2v) is 3.00. The minimum absolute atomic E-state index is 0.671. The highest BCUT2D eigenvalue weighted by atomic mass is 16.5. The zero-order valence-corrected chi connectivity index (χ0v) is 8.36. The summed E-state index contributed by atoms with van der Waals surface area (Å²) in [5.41, 5.74) is 1.18. The van der Waals surface area contributed by atoms with E-state index >= 15 is 0 Å². The van der Waals surface area contributed by atoms with Crippen molar-refractivity contribution in [3.8, 4) is 5.75 Å². The Hall–Kier alpha value is -1.06. The molecule has 3 nitrogen and oxygen atoms in total. The maximum Gasteiger partial charge on any atom is 0.119 e. The molecule has 2 N–H and O–H groups in total. The van der Waals surface area contributed by atoms with Crippen LogP contribution in [0.25, 0.3) is 0 Å². The Kier molecular flexibility index (Phi) is 5.04. The molecule has 0 aromatic heterocycles. The molecule has 3 heteroatoms. The van der Waals surface area contributed by atoms with E-state index in [1.807, 2.05) is 24.3 Å². The lowest BCUT2D eigenvalue weighted by molar-refractivity contribution is 0.370. The van der Waals surface area contributed by atoms with Gasteiger partial charge in [0.05, 0.1) is 13.7 Å². The van der Waals surface area contributed by atoms with Gasteiger partial charge in [-0.05, 0) is 30.7 Å². The van der Waals surface area contributed by atoms with Crippen LogP contribution in [0.1, 0.15) is 12.0 Å². The second-order valence-electron chi connectivity index (χ2n) is 3.00. The first kappa shape index (κ1) is 11.0. The third-order valence-corrected chi connectivity index (χ3v) is 1.91. The molecule has 0 unspecified atom stereocenters. The summed E-state index contributed by atoms with van der Waals surface area (Å²) in [5, 5.41) is 11.7. The van der Waals surface area contributed by atoms with Crippen LogP contribution in [0.2, 0.25) is 0 Å². The van der Waals surface area contributed by atoms with Gasteiger partial charge in [-0.25, -0.2) is 0 Å². The highest BCUT2D eigenvalue weighted by molar-refractivity contribution is 5.28. The summed E-state index contributed by atoms with van der Waals surface area (Å²) >= 11 is 0. The SMILES string of the molecule is COc1cccc(CNCC[CH]O)c1. The van der Waals surface area contributed by atoms with E-state index in [1.165, 1.54) is 12.2 Å². The topological polar surface area (TPSA) is 41.5 Å². The molecule has 1 aromatic rings. The van der Waals surface area contributed by atoms with Crippen molar-refractivity contribution in [1.82, 2.24) is 5.32 Å². The number of aliphatic hydroxyl groups excluding tert-OH is 1. The van der Waals surface area contributed by atoms with Gasteiger partial charge in [0.25, 0.3) is 0 Å². The van der Waals surface area contributed by atoms with Gasteiger partial charge in [-0.15, -0.1) is 0 Å². The smallest absolute Gasteiger partial charge is 0.119 e. The normalized spacial score (nSPS) is 10.1. The van der Waals surface area contributed by atoms with Gasteiger partial charge in [0.2, 0.25) is 0 Å². The van der Waals surface area contributed by atoms with E-state index in [1.54, 1.807) is 7.11 Å². The highest BCUT2D eigenvalue weighted by Gasteiger charge is 1.94. The molecule has 0 atom stereocenters. The van der Waals surface area contributed by atoms with Gasteiger partial charge in [-0.3, -0.25) is 0 Å². The van der Waals surface area contributed by atoms with Gasteiger partial charge >= 0.3 is 0 Å². The Balaban J connectivity index is 2.34. The fourth-order valence-electron chi connectivity index (χ4n) is 1.18. The van der Waals surface area contributed by atoms with Gasteiger partial charge in [-0.1, -0.05) is 12.1 Å². The summed E-state index contributed by atoms with van der Waals surface area (Å²) in [7, 11) is 1.66. The molecule has 0 amide bonds. The van der Waals surface area contributed by atoms with Gasteiger partial charge < -0.3 is 15.2 Å². The van der Waals surface area contributed by atoms with Gasteiger partial charge in [0, 0.05) is 6.54 Å². The largest absolute Gasteiger partial charge is 0.497 e. The van der Waals surface area contributed by atoms with Crippen molar-refractivity contribution in [3.05, 3.63) is 36.4 Å². The molecule has 1 radical (unpaired) electrons. The van der Waals surface area contributed by atoms with Crippen LogP contribution in [-0.4, -0.2) is 18.8 Å². The van der Waals surface area contributed by atoms with Crippen LogP contribution in [-0.2, 0) is 6.54 Å². The highest BCUT2D eigenvalue weighted by Crippen LogP contribution is 2.11. The summed E-state index contributed by atoms with van der Waals surface area (Å²) in [6.45, 7) is 2.75. The van der Waals surface area contributed by atoms with Crippen LogP contribution in [0.15, 0.2) is 24.3 Å². The number of nitrogens with one attached hydrogen (secondary N) is 1. The average Bonchev–Trinajstić information content (AvgIpc) is 2.25. The number of methoxy groups -OCH3 is 1. The van der Waals surface area contributed by atoms with Gasteiger partial charge in [-0.2, -0.15) is 0 Å². The Bertz CT molecular complexity index is 263. The molecule has 0 aliphatic carbocycles. The van der Waals surface area contributed by atoms with Crippen molar-refractivity contribution in [3.63, 3.8) is 0 Å². The number of rotatable bonds is 6. The Morgan fingerprint density at radius 1 is 1.50 bits per heavy atom. The quantitative estimate of drug-likeness (QED) is 0.677. The van der Waals surface area contributed by atoms with Crippen molar-refractivity contribution in [2.75, 3.05) is 13.7 Å². The van der Waals surface area contributed by atoms with Crippen molar-refractivity contribution in [1.29, 1.82) is 0 Å². The number of ether oxygens (including phenoxy) is 1. The fraction of sp³-hybridized carbons (Fsp3) is 0.364. The summed E-state index contributed by atoms with van der Waals surface area (Å²) in [5.74, 6) is 0.873. The average molecular weight is 194 g/mol. The van der Waals surface area contributed by atoms with Crippen LogP contribution in [0.4, 0.5) is 0 Å². The van der Waals surface area contributed by atoms with Crippen LogP contribution in [0.3, 0.4) is 0 Å². The first-order chi connectivity index (χ1) is 6.86. The third kappa shape index (κ3) is 3.77. The predicted octanol–water partition coefficient (Wildman–Crippen LogP) is 1.71. The van der Waals surface area contributed by atoms with E-state index in [2.05, 4.69) is 5.32 Å². The van der Waals surface area contributed by atoms with Crippen molar-refractivity contribution < 1.29 is 9.84 Å². The lowest BCUT2D eigenvalue weighted by atomic mass is 10.2. The molecule has 0 spiro atoms. The zero-order valence-electron chi connectivity index (χ0n) is 8.36. The van der Waals surface area contributed by atoms with Crippen molar-refractivity contribution >= 4 is 0 Å². The molecular weight excluding hydrogens is 178 g/mol. The molecule has 0 aliphatic heterocycles. The van der Waals surface area contributed by atoms with Crippen molar-refractivity contribution in [2.24, 2.45) is 0 Å². The Labute approximate surface area is 84.7 Å². The Morgan fingerprint density at radius 2 is 2.36 bits per heavy atom. The maximum atomic E-state index is 8.46. The van der Waals surface area contributed by atoms with E-state index in [9.17, 15) is 0 Å². The lowest BCUT2D eigenvalue weighted by Crippen LogP contribution is -2.14. The number of aliphatic hydroxyl groups is 1. The monoisotopic (exact) mass is 194 g/mol. The molecule has 1 aromatic carbocycles. The van der Waals surface area contributed by atoms with Crippen molar-refractivity contribution in [2.45, 2.75) is 13.0 Å². The van der Waals surface area contributed by atoms with E-state index in [0.717, 1.165) is 18.8 Å². The Morgan fingerprint density at radius 3 is 3.07 bits per heavy atom. The molecule has 0 heterocycles. The molecule has 1 rings (SSSR count). The number of benzene rings is 1. The minimum atomic E-state index is 0.671. The maximum absolute atomic E-state index is 8.46. The molecule has 77 valence electrons. The summed E-state index contributed by atoms with van der Waals surface area (Å²) in [6.07, 6.45) is 0.671. The van der Waals surface area contributed by atoms with Crippen LogP contribution in [0, 0.1) is 6.61 Å².